The van der Waals surface area contributed by atoms with E-state index in [0.717, 1.165) is 5.02 Å². The summed E-state index contributed by atoms with van der Waals surface area (Å²) in [5.41, 5.74) is 0. The second-order valence-electron chi connectivity index (χ2n) is 1.76. The molecule has 54 valence electrons. The van der Waals surface area contributed by atoms with Gasteiger partial charge in [0.05, 0.1) is 0 Å². The lowest BCUT2D eigenvalue weighted by Gasteiger charge is -1.96. The van der Waals surface area contributed by atoms with E-state index in [1.165, 1.54) is 4.90 Å². The Kier molecular flexibility index (Phi) is 3.06. The summed E-state index contributed by atoms with van der Waals surface area (Å²) >= 11 is 7.26. The molecule has 0 unspecified atom stereocenters. The van der Waals surface area contributed by atoms with E-state index in [1.54, 1.807) is 11.9 Å². The van der Waals surface area contributed by atoms with Gasteiger partial charge in [-0.05, 0) is 43.3 Å². The van der Waals surface area contributed by atoms with Crippen LogP contribution in [0.4, 0.5) is 0 Å². The molecule has 0 radical (unpaired) electrons. The molecule has 1 nitrogen and oxygen atoms in total. The third-order valence-corrected chi connectivity index (χ3v) is 2.00. The molecule has 0 aliphatic heterocycles. The van der Waals surface area contributed by atoms with Crippen molar-refractivity contribution in [2.24, 2.45) is 0 Å². The third kappa shape index (κ3) is 2.21. The zero-order chi connectivity index (χ0) is 7.40. The van der Waals surface area contributed by atoms with Crippen molar-refractivity contribution in [2.45, 2.75) is 4.90 Å². The first-order chi connectivity index (χ1) is 4.83. The van der Waals surface area contributed by atoms with Gasteiger partial charge in [-0.25, -0.2) is 0 Å². The lowest BCUT2D eigenvalue weighted by molar-refractivity contribution is 1.28. The molecule has 0 spiro atoms. The maximum atomic E-state index is 5.68. The van der Waals surface area contributed by atoms with Crippen molar-refractivity contribution in [2.75, 3.05) is 7.05 Å². The number of hydrogen-bond donors (Lipinski definition) is 1. The van der Waals surface area contributed by atoms with Gasteiger partial charge in [0.25, 0.3) is 0 Å². The predicted molar refractivity (Wildman–Crippen MR) is 46.4 cm³/mol. The van der Waals surface area contributed by atoms with Gasteiger partial charge < -0.3 is 0 Å². The smallest absolute Gasteiger partial charge is 0.0406 e. The van der Waals surface area contributed by atoms with Crippen LogP contribution in [0, 0.1) is 0 Å². The number of benzene rings is 1. The molecule has 1 N–H and O–H groups in total. The van der Waals surface area contributed by atoms with Gasteiger partial charge in [-0.1, -0.05) is 11.6 Å². The quantitative estimate of drug-likeness (QED) is 0.690. The van der Waals surface area contributed by atoms with Crippen LogP contribution in [0.5, 0.6) is 0 Å². The summed E-state index contributed by atoms with van der Waals surface area (Å²) in [6, 6.07) is 7.70. The Morgan fingerprint density at radius 3 is 2.40 bits per heavy atom. The normalized spacial score (nSPS) is 9.80. The van der Waals surface area contributed by atoms with E-state index in [0.29, 0.717) is 0 Å². The van der Waals surface area contributed by atoms with Crippen molar-refractivity contribution >= 4 is 23.5 Å². The first-order valence-electron chi connectivity index (χ1n) is 2.92. The van der Waals surface area contributed by atoms with Crippen molar-refractivity contribution in [3.05, 3.63) is 29.3 Å². The third-order valence-electron chi connectivity index (χ3n) is 1.03. The number of hydrogen-bond acceptors (Lipinski definition) is 2. The summed E-state index contributed by atoms with van der Waals surface area (Å²) in [6.07, 6.45) is 0. The van der Waals surface area contributed by atoms with Crippen molar-refractivity contribution < 1.29 is 0 Å². The molecule has 0 bridgehead atoms. The minimum Gasteiger partial charge on any atom is -0.263 e. The molecule has 0 aliphatic carbocycles. The second kappa shape index (κ2) is 3.86. The molecule has 1 aromatic rings. The summed E-state index contributed by atoms with van der Waals surface area (Å²) in [5.74, 6) is 0. The summed E-state index contributed by atoms with van der Waals surface area (Å²) in [6.45, 7) is 0. The predicted octanol–water partition coefficient (Wildman–Crippen LogP) is 2.57. The maximum absolute atomic E-state index is 5.68. The Balaban J connectivity index is 2.69. The molecule has 0 saturated carbocycles. The Morgan fingerprint density at radius 2 is 1.90 bits per heavy atom. The highest BCUT2D eigenvalue weighted by molar-refractivity contribution is 7.97. The Bertz CT molecular complexity index is 197. The fraction of sp³-hybridized carbons (Fsp3) is 0.143. The van der Waals surface area contributed by atoms with Gasteiger partial charge in [-0.2, -0.15) is 0 Å². The second-order valence-corrected chi connectivity index (χ2v) is 3.28. The van der Waals surface area contributed by atoms with Gasteiger partial charge in [0.15, 0.2) is 0 Å². The molecule has 0 fully saturated rings. The topological polar surface area (TPSA) is 12.0 Å². The minimum atomic E-state index is 0.778. The zero-order valence-corrected chi connectivity index (χ0v) is 7.17. The summed E-state index contributed by atoms with van der Waals surface area (Å²) < 4.78 is 2.98. The molecule has 0 aromatic heterocycles. The van der Waals surface area contributed by atoms with Crippen molar-refractivity contribution in [1.29, 1.82) is 0 Å². The van der Waals surface area contributed by atoms with Crippen LogP contribution in [0.25, 0.3) is 0 Å². The van der Waals surface area contributed by atoms with Crippen LogP contribution in [0.15, 0.2) is 29.2 Å². The highest BCUT2D eigenvalue weighted by atomic mass is 35.5. The largest absolute Gasteiger partial charge is 0.263 e. The van der Waals surface area contributed by atoms with E-state index in [2.05, 4.69) is 4.72 Å². The monoisotopic (exact) mass is 173 g/mol. The first-order valence-corrected chi connectivity index (χ1v) is 4.11. The van der Waals surface area contributed by atoms with Gasteiger partial charge >= 0.3 is 0 Å². The van der Waals surface area contributed by atoms with Crippen LogP contribution >= 0.6 is 23.5 Å². The molecule has 0 atom stereocenters. The molecule has 1 rings (SSSR count). The van der Waals surface area contributed by atoms with Crippen LogP contribution in [0.1, 0.15) is 0 Å². The van der Waals surface area contributed by atoms with E-state index in [-0.39, 0.29) is 0 Å². The lowest BCUT2D eigenvalue weighted by atomic mass is 10.4. The molecule has 0 amide bonds. The van der Waals surface area contributed by atoms with Crippen LogP contribution in [0.3, 0.4) is 0 Å². The molecule has 1 aromatic carbocycles. The van der Waals surface area contributed by atoms with E-state index in [1.807, 2.05) is 31.3 Å². The van der Waals surface area contributed by atoms with Crippen LogP contribution < -0.4 is 4.72 Å². The molecule has 0 heterocycles. The van der Waals surface area contributed by atoms with Gasteiger partial charge in [-0.15, -0.1) is 0 Å². The van der Waals surface area contributed by atoms with Crippen LogP contribution in [0.2, 0.25) is 5.02 Å². The first kappa shape index (κ1) is 7.92. The lowest BCUT2D eigenvalue weighted by Crippen LogP contribution is -1.89. The molecule has 10 heavy (non-hydrogen) atoms. The van der Waals surface area contributed by atoms with E-state index < -0.39 is 0 Å². The number of nitrogens with one attached hydrogen (secondary N) is 1. The van der Waals surface area contributed by atoms with Crippen LogP contribution in [-0.4, -0.2) is 7.05 Å². The molecular formula is C7H8ClNS. The van der Waals surface area contributed by atoms with E-state index in [4.69, 9.17) is 11.6 Å². The molecule has 0 aliphatic rings. The van der Waals surface area contributed by atoms with Crippen molar-refractivity contribution in [3.8, 4) is 0 Å². The van der Waals surface area contributed by atoms with Crippen molar-refractivity contribution in [1.82, 2.24) is 4.72 Å². The van der Waals surface area contributed by atoms with Gasteiger partial charge in [0.2, 0.25) is 0 Å². The number of halogens is 1. The minimum absolute atomic E-state index is 0.778. The fourth-order valence-corrected chi connectivity index (χ4v) is 1.25. The average molecular weight is 174 g/mol. The van der Waals surface area contributed by atoms with Gasteiger partial charge in [0, 0.05) is 9.92 Å². The molecule has 0 saturated heterocycles. The van der Waals surface area contributed by atoms with Crippen LogP contribution in [-0.2, 0) is 0 Å². The molecule has 3 heteroatoms. The summed E-state index contributed by atoms with van der Waals surface area (Å²) in [4.78, 5) is 1.17. The summed E-state index contributed by atoms with van der Waals surface area (Å²) in [7, 11) is 1.89. The molecular weight excluding hydrogens is 166 g/mol. The van der Waals surface area contributed by atoms with Gasteiger partial charge in [-0.3, -0.25) is 4.72 Å². The highest BCUT2D eigenvalue weighted by Gasteiger charge is 1.89. The average Bonchev–Trinajstić information content (AvgIpc) is 1.95. The van der Waals surface area contributed by atoms with Crippen molar-refractivity contribution in [3.63, 3.8) is 0 Å². The standard InChI is InChI=1S/C7H8ClNS/c1-9-10-7-4-2-6(8)3-5-7/h2-5,9H,1H3. The Hall–Kier alpha value is -0.180. The maximum Gasteiger partial charge on any atom is 0.0406 e. The zero-order valence-electron chi connectivity index (χ0n) is 5.60. The van der Waals surface area contributed by atoms with Gasteiger partial charge in [0.1, 0.15) is 0 Å². The van der Waals surface area contributed by atoms with E-state index in [9.17, 15) is 0 Å². The Morgan fingerprint density at radius 1 is 1.30 bits per heavy atom. The fourth-order valence-electron chi connectivity index (χ4n) is 0.620. The highest BCUT2D eigenvalue weighted by Crippen LogP contribution is 2.16. The Labute approximate surface area is 69.9 Å². The number of rotatable bonds is 2. The SMILES string of the molecule is CNSc1ccc(Cl)cc1. The summed E-state index contributed by atoms with van der Waals surface area (Å²) in [5, 5.41) is 0.778. The van der Waals surface area contributed by atoms with E-state index >= 15 is 0 Å².